The minimum absolute atomic E-state index is 0.364. The van der Waals surface area contributed by atoms with E-state index in [4.69, 9.17) is 17.3 Å². The maximum absolute atomic E-state index is 12.9. The second-order valence-corrected chi connectivity index (χ2v) is 5.68. The predicted octanol–water partition coefficient (Wildman–Crippen LogP) is 2.50. The molecule has 0 spiro atoms. The van der Waals surface area contributed by atoms with Gasteiger partial charge in [-0.25, -0.2) is 4.39 Å². The van der Waals surface area contributed by atoms with Crippen molar-refractivity contribution in [3.8, 4) is 0 Å². The molecule has 4 nitrogen and oxygen atoms in total. The second kappa shape index (κ2) is 6.02. The van der Waals surface area contributed by atoms with Crippen molar-refractivity contribution in [3.63, 3.8) is 0 Å². The Morgan fingerprint density at radius 2 is 1.85 bits per heavy atom. The lowest BCUT2D eigenvalue weighted by molar-refractivity contribution is -0.120. The Labute approximate surface area is 123 Å². The van der Waals surface area contributed by atoms with E-state index in [1.165, 1.54) is 24.3 Å². The van der Waals surface area contributed by atoms with Crippen LogP contribution in [0.3, 0.4) is 0 Å². The van der Waals surface area contributed by atoms with Gasteiger partial charge in [-0.15, -0.1) is 11.3 Å². The lowest BCUT2D eigenvalue weighted by Crippen LogP contribution is -2.37. The fourth-order valence-corrected chi connectivity index (χ4v) is 2.56. The largest absolute Gasteiger partial charge is 0.368 e. The number of carbonyl (C=O) groups is 2. The number of benzene rings is 1. The van der Waals surface area contributed by atoms with Crippen molar-refractivity contribution >= 4 is 34.8 Å². The van der Waals surface area contributed by atoms with Gasteiger partial charge in [0.15, 0.2) is 0 Å². The molecule has 1 atom stereocenters. The number of primary amides is 1. The number of nitrogens with two attached hydrogens (primary N) is 1. The minimum atomic E-state index is -1.02. The van der Waals surface area contributed by atoms with Crippen molar-refractivity contribution in [2.75, 3.05) is 0 Å². The summed E-state index contributed by atoms with van der Waals surface area (Å²) in [6.07, 6.45) is 0. The third-order valence-electron chi connectivity index (χ3n) is 2.56. The first-order valence-corrected chi connectivity index (χ1v) is 6.78. The van der Waals surface area contributed by atoms with Gasteiger partial charge in [0.05, 0.1) is 9.21 Å². The molecule has 1 heterocycles. The Hall–Kier alpha value is -1.92. The molecule has 7 heteroatoms. The number of thiophene rings is 1. The zero-order valence-electron chi connectivity index (χ0n) is 10.1. The van der Waals surface area contributed by atoms with Gasteiger partial charge >= 0.3 is 0 Å². The molecule has 0 bridgehead atoms. The highest BCUT2D eigenvalue weighted by Gasteiger charge is 2.21. The van der Waals surface area contributed by atoms with Crippen molar-refractivity contribution in [1.82, 2.24) is 5.32 Å². The molecule has 2 aromatic rings. The van der Waals surface area contributed by atoms with E-state index in [0.717, 1.165) is 11.3 Å². The molecule has 1 aromatic heterocycles. The molecule has 20 heavy (non-hydrogen) atoms. The van der Waals surface area contributed by atoms with Crippen LogP contribution in [-0.2, 0) is 4.79 Å². The standard InChI is InChI=1S/C13H10ClFN2O2S/c14-10-6-5-9(20-10)13(19)17-11(12(16)18)7-1-3-8(15)4-2-7/h1-6,11H,(H2,16,18)(H,17,19)/t11-/m0/s1. The molecule has 0 aliphatic rings. The van der Waals surface area contributed by atoms with Crippen LogP contribution >= 0.6 is 22.9 Å². The SMILES string of the molecule is NC(=O)[C@@H](NC(=O)c1ccc(Cl)s1)c1ccc(F)cc1. The number of hydrogen-bond acceptors (Lipinski definition) is 3. The van der Waals surface area contributed by atoms with Crippen LogP contribution in [0.1, 0.15) is 21.3 Å². The van der Waals surface area contributed by atoms with Gasteiger partial charge in [-0.1, -0.05) is 23.7 Å². The van der Waals surface area contributed by atoms with Crippen LogP contribution in [0.15, 0.2) is 36.4 Å². The predicted molar refractivity (Wildman–Crippen MR) is 75.1 cm³/mol. The first-order chi connectivity index (χ1) is 9.47. The van der Waals surface area contributed by atoms with Crippen LogP contribution in [-0.4, -0.2) is 11.8 Å². The van der Waals surface area contributed by atoms with Gasteiger partial charge in [-0.2, -0.15) is 0 Å². The summed E-state index contributed by atoms with van der Waals surface area (Å²) in [5.74, 6) is -1.63. The van der Waals surface area contributed by atoms with Gasteiger partial charge in [0.2, 0.25) is 5.91 Å². The maximum atomic E-state index is 12.9. The first kappa shape index (κ1) is 14.5. The third kappa shape index (κ3) is 3.34. The van der Waals surface area contributed by atoms with Crippen molar-refractivity contribution in [2.45, 2.75) is 6.04 Å². The van der Waals surface area contributed by atoms with E-state index in [9.17, 15) is 14.0 Å². The van der Waals surface area contributed by atoms with Crippen molar-refractivity contribution in [2.24, 2.45) is 5.73 Å². The van der Waals surface area contributed by atoms with Gasteiger partial charge in [0.25, 0.3) is 5.91 Å². The summed E-state index contributed by atoms with van der Waals surface area (Å²) in [6.45, 7) is 0. The van der Waals surface area contributed by atoms with Gasteiger partial charge in [-0.05, 0) is 29.8 Å². The summed E-state index contributed by atoms with van der Waals surface area (Å²) in [5.41, 5.74) is 5.68. The highest BCUT2D eigenvalue weighted by atomic mass is 35.5. The van der Waals surface area contributed by atoms with E-state index in [-0.39, 0.29) is 0 Å². The molecule has 0 aliphatic carbocycles. The van der Waals surface area contributed by atoms with Gasteiger partial charge < -0.3 is 11.1 Å². The van der Waals surface area contributed by atoms with Crippen LogP contribution in [0.25, 0.3) is 0 Å². The summed E-state index contributed by atoms with van der Waals surface area (Å²) >= 11 is 6.83. The van der Waals surface area contributed by atoms with Gasteiger partial charge in [0, 0.05) is 0 Å². The molecular weight excluding hydrogens is 303 g/mol. The number of rotatable bonds is 4. The number of halogens is 2. The summed E-state index contributed by atoms with van der Waals surface area (Å²) in [7, 11) is 0. The van der Waals surface area contributed by atoms with E-state index in [1.54, 1.807) is 12.1 Å². The average Bonchev–Trinajstić information content (AvgIpc) is 2.83. The lowest BCUT2D eigenvalue weighted by Gasteiger charge is -2.15. The van der Waals surface area contributed by atoms with Gasteiger partial charge in [-0.3, -0.25) is 9.59 Å². The Morgan fingerprint density at radius 3 is 2.35 bits per heavy atom. The number of nitrogens with one attached hydrogen (secondary N) is 1. The zero-order valence-corrected chi connectivity index (χ0v) is 11.7. The minimum Gasteiger partial charge on any atom is -0.368 e. The highest BCUT2D eigenvalue weighted by Crippen LogP contribution is 2.22. The molecule has 0 radical (unpaired) electrons. The quantitative estimate of drug-likeness (QED) is 0.910. The van der Waals surface area contributed by atoms with E-state index < -0.39 is 23.7 Å². The second-order valence-electron chi connectivity index (χ2n) is 3.96. The van der Waals surface area contributed by atoms with E-state index in [1.807, 2.05) is 0 Å². The number of amides is 2. The highest BCUT2D eigenvalue weighted by molar-refractivity contribution is 7.18. The van der Waals surface area contributed by atoms with E-state index in [0.29, 0.717) is 14.8 Å². The Morgan fingerprint density at radius 1 is 1.20 bits per heavy atom. The molecule has 3 N–H and O–H groups in total. The maximum Gasteiger partial charge on any atom is 0.262 e. The molecule has 0 saturated heterocycles. The van der Waals surface area contributed by atoms with E-state index >= 15 is 0 Å². The molecule has 0 fully saturated rings. The molecule has 2 amide bonds. The molecule has 2 rings (SSSR count). The van der Waals surface area contributed by atoms with Gasteiger partial charge in [0.1, 0.15) is 11.9 Å². The smallest absolute Gasteiger partial charge is 0.262 e. The molecule has 0 unspecified atom stereocenters. The molecular formula is C13H10ClFN2O2S. The van der Waals surface area contributed by atoms with Crippen molar-refractivity contribution in [1.29, 1.82) is 0 Å². The fourth-order valence-electron chi connectivity index (χ4n) is 1.61. The number of carbonyl (C=O) groups excluding carboxylic acids is 2. The summed E-state index contributed by atoms with van der Waals surface area (Å²) in [6, 6.07) is 7.28. The Bertz CT molecular complexity index is 642. The van der Waals surface area contributed by atoms with Crippen LogP contribution in [0.4, 0.5) is 4.39 Å². The Kier molecular flexibility index (Phi) is 4.36. The van der Waals surface area contributed by atoms with Crippen molar-refractivity contribution in [3.05, 3.63) is 57.0 Å². The van der Waals surface area contributed by atoms with Crippen LogP contribution < -0.4 is 11.1 Å². The van der Waals surface area contributed by atoms with E-state index in [2.05, 4.69) is 5.32 Å². The summed E-state index contributed by atoms with van der Waals surface area (Å²) in [5, 5.41) is 2.50. The molecule has 1 aromatic carbocycles. The van der Waals surface area contributed by atoms with Crippen LogP contribution in [0, 0.1) is 5.82 Å². The molecule has 104 valence electrons. The van der Waals surface area contributed by atoms with Crippen LogP contribution in [0.5, 0.6) is 0 Å². The number of hydrogen-bond donors (Lipinski definition) is 2. The Balaban J connectivity index is 2.20. The first-order valence-electron chi connectivity index (χ1n) is 5.58. The lowest BCUT2D eigenvalue weighted by atomic mass is 10.1. The zero-order chi connectivity index (χ0) is 14.7. The molecule has 0 saturated carbocycles. The average molecular weight is 313 g/mol. The fraction of sp³-hybridized carbons (Fsp3) is 0.0769. The third-order valence-corrected chi connectivity index (χ3v) is 3.79. The van der Waals surface area contributed by atoms with Crippen molar-refractivity contribution < 1.29 is 14.0 Å². The monoisotopic (exact) mass is 312 g/mol. The topological polar surface area (TPSA) is 72.2 Å². The molecule has 0 aliphatic heterocycles. The summed E-state index contributed by atoms with van der Waals surface area (Å²) in [4.78, 5) is 23.8. The summed E-state index contributed by atoms with van der Waals surface area (Å²) < 4.78 is 13.3. The normalized spacial score (nSPS) is 11.9. The van der Waals surface area contributed by atoms with Crippen LogP contribution in [0.2, 0.25) is 4.34 Å².